The topological polar surface area (TPSA) is 21.3 Å². The van der Waals surface area contributed by atoms with E-state index in [1.165, 1.54) is 6.07 Å². The van der Waals surface area contributed by atoms with Crippen LogP contribution in [0.2, 0.25) is 0 Å². The van der Waals surface area contributed by atoms with E-state index in [2.05, 4.69) is 12.2 Å². The van der Waals surface area contributed by atoms with Crippen molar-refractivity contribution >= 4 is 0 Å². The highest BCUT2D eigenvalue weighted by atomic mass is 19.3. The first-order chi connectivity index (χ1) is 9.20. The Bertz CT molecular complexity index is 397. The number of hydrogen-bond acceptors (Lipinski definition) is 2. The van der Waals surface area contributed by atoms with E-state index >= 15 is 0 Å². The van der Waals surface area contributed by atoms with Gasteiger partial charge in [0.05, 0.1) is 6.10 Å². The summed E-state index contributed by atoms with van der Waals surface area (Å²) < 4.78 is 30.8. The molecule has 1 saturated heterocycles. The summed E-state index contributed by atoms with van der Waals surface area (Å²) in [5, 5.41) is 3.35. The number of rotatable bonds is 6. The molecule has 0 radical (unpaired) electrons. The Hall–Kier alpha value is -1.00. The van der Waals surface area contributed by atoms with Crippen molar-refractivity contribution in [3.63, 3.8) is 0 Å². The predicted octanol–water partition coefficient (Wildman–Crippen LogP) is 3.53. The summed E-state index contributed by atoms with van der Waals surface area (Å²) in [4.78, 5) is 0. The van der Waals surface area contributed by atoms with Crippen molar-refractivity contribution in [1.82, 2.24) is 5.32 Å². The van der Waals surface area contributed by atoms with Crippen molar-refractivity contribution in [2.24, 2.45) is 5.92 Å². The largest absolute Gasteiger partial charge is 0.378 e. The molecule has 1 aromatic carbocycles. The molecule has 1 aromatic rings. The monoisotopic (exact) mass is 269 g/mol. The molecule has 0 aromatic heterocycles. The fraction of sp³-hybridized carbons (Fsp3) is 0.600. The van der Waals surface area contributed by atoms with Gasteiger partial charge in [-0.1, -0.05) is 25.1 Å². The van der Waals surface area contributed by atoms with Gasteiger partial charge in [-0.3, -0.25) is 0 Å². The van der Waals surface area contributed by atoms with Crippen LogP contribution in [0.5, 0.6) is 0 Å². The third-order valence-corrected chi connectivity index (χ3v) is 3.69. The van der Waals surface area contributed by atoms with Gasteiger partial charge >= 0.3 is 0 Å². The first-order valence-electron chi connectivity index (χ1n) is 6.90. The summed E-state index contributed by atoms with van der Waals surface area (Å²) in [5.74, 6) is 0.545. The average molecular weight is 269 g/mol. The highest BCUT2D eigenvalue weighted by Gasteiger charge is 2.25. The Morgan fingerprint density at radius 2 is 2.26 bits per heavy atom. The van der Waals surface area contributed by atoms with E-state index < -0.39 is 6.43 Å². The molecule has 1 aliphatic rings. The summed E-state index contributed by atoms with van der Waals surface area (Å²) in [6, 6.07) is 6.60. The standard InChI is InChI=1S/C15H21F2NO/c1-2-14-13(6-7-19-14)10-18-9-11-4-3-5-12(8-11)15(16)17/h3-5,8,13-15,18H,2,6-7,9-10H2,1H3. The molecule has 0 bridgehead atoms. The van der Waals surface area contributed by atoms with E-state index in [9.17, 15) is 8.78 Å². The average Bonchev–Trinajstić information content (AvgIpc) is 2.86. The fourth-order valence-electron chi connectivity index (χ4n) is 2.62. The third-order valence-electron chi connectivity index (χ3n) is 3.69. The highest BCUT2D eigenvalue weighted by Crippen LogP contribution is 2.23. The molecule has 2 nitrogen and oxygen atoms in total. The van der Waals surface area contributed by atoms with E-state index in [1.54, 1.807) is 12.1 Å². The minimum absolute atomic E-state index is 0.0925. The maximum Gasteiger partial charge on any atom is 0.263 e. The number of hydrogen-bond donors (Lipinski definition) is 1. The summed E-state index contributed by atoms with van der Waals surface area (Å²) in [5.41, 5.74) is 1.000. The van der Waals surface area contributed by atoms with Gasteiger partial charge in [0.15, 0.2) is 0 Å². The Kier molecular flexibility index (Phi) is 5.28. The lowest BCUT2D eigenvalue weighted by Gasteiger charge is -2.17. The zero-order valence-electron chi connectivity index (χ0n) is 11.2. The van der Waals surface area contributed by atoms with E-state index in [-0.39, 0.29) is 5.56 Å². The highest BCUT2D eigenvalue weighted by molar-refractivity contribution is 5.24. The van der Waals surface area contributed by atoms with Gasteiger partial charge < -0.3 is 10.1 Å². The minimum atomic E-state index is -2.40. The number of alkyl halides is 2. The lowest BCUT2D eigenvalue weighted by atomic mass is 9.99. The van der Waals surface area contributed by atoms with Gasteiger partial charge in [0.25, 0.3) is 6.43 Å². The van der Waals surface area contributed by atoms with Crippen LogP contribution < -0.4 is 5.32 Å². The van der Waals surface area contributed by atoms with Crippen molar-refractivity contribution < 1.29 is 13.5 Å². The van der Waals surface area contributed by atoms with Crippen LogP contribution in [0, 0.1) is 5.92 Å². The van der Waals surface area contributed by atoms with Gasteiger partial charge in [-0.2, -0.15) is 0 Å². The molecule has 0 saturated carbocycles. The number of benzene rings is 1. The van der Waals surface area contributed by atoms with Crippen molar-refractivity contribution in [1.29, 1.82) is 0 Å². The van der Waals surface area contributed by atoms with E-state index in [0.717, 1.165) is 31.6 Å². The fourth-order valence-corrected chi connectivity index (χ4v) is 2.62. The van der Waals surface area contributed by atoms with E-state index in [4.69, 9.17) is 4.74 Å². The molecule has 19 heavy (non-hydrogen) atoms. The van der Waals surface area contributed by atoms with Crippen LogP contribution in [-0.2, 0) is 11.3 Å². The molecule has 106 valence electrons. The van der Waals surface area contributed by atoms with E-state index in [1.807, 2.05) is 6.07 Å². The Labute approximate surface area is 113 Å². The maximum absolute atomic E-state index is 12.6. The second-order valence-electron chi connectivity index (χ2n) is 5.04. The molecule has 4 heteroatoms. The molecular weight excluding hydrogens is 248 g/mol. The second-order valence-corrected chi connectivity index (χ2v) is 5.04. The van der Waals surface area contributed by atoms with Gasteiger partial charge in [0.1, 0.15) is 0 Å². The molecule has 0 aliphatic carbocycles. The molecule has 1 N–H and O–H groups in total. The molecule has 1 aliphatic heterocycles. The Morgan fingerprint density at radius 1 is 1.42 bits per heavy atom. The lowest BCUT2D eigenvalue weighted by molar-refractivity contribution is 0.0872. The second kappa shape index (κ2) is 6.96. The van der Waals surface area contributed by atoms with Crippen LogP contribution in [0.3, 0.4) is 0 Å². The van der Waals surface area contributed by atoms with Gasteiger partial charge in [0.2, 0.25) is 0 Å². The smallest absolute Gasteiger partial charge is 0.263 e. The van der Waals surface area contributed by atoms with E-state index in [0.29, 0.717) is 18.6 Å². The van der Waals surface area contributed by atoms with Crippen molar-refractivity contribution in [3.8, 4) is 0 Å². The van der Waals surface area contributed by atoms with Crippen LogP contribution in [0.25, 0.3) is 0 Å². The zero-order chi connectivity index (χ0) is 13.7. The summed E-state index contributed by atoms with van der Waals surface area (Å²) >= 11 is 0. The predicted molar refractivity (Wildman–Crippen MR) is 71.2 cm³/mol. The Morgan fingerprint density at radius 3 is 3.00 bits per heavy atom. The third kappa shape index (κ3) is 3.98. The van der Waals surface area contributed by atoms with Crippen LogP contribution >= 0.6 is 0 Å². The molecule has 0 spiro atoms. The number of halogens is 2. The molecule has 2 atom stereocenters. The van der Waals surface area contributed by atoms with Crippen LogP contribution in [-0.4, -0.2) is 19.3 Å². The summed E-state index contributed by atoms with van der Waals surface area (Å²) in [6.45, 7) is 4.49. The lowest BCUT2D eigenvalue weighted by Crippen LogP contribution is -2.27. The molecule has 0 amide bonds. The number of nitrogens with one attached hydrogen (secondary N) is 1. The maximum atomic E-state index is 12.6. The number of ether oxygens (including phenoxy) is 1. The van der Waals surface area contributed by atoms with Gasteiger partial charge in [-0.25, -0.2) is 8.78 Å². The Balaban J connectivity index is 1.80. The van der Waals surface area contributed by atoms with Gasteiger partial charge in [-0.05, 0) is 30.4 Å². The molecule has 2 unspecified atom stereocenters. The van der Waals surface area contributed by atoms with Crippen molar-refractivity contribution in [2.75, 3.05) is 13.2 Å². The van der Waals surface area contributed by atoms with Crippen molar-refractivity contribution in [3.05, 3.63) is 35.4 Å². The summed E-state index contributed by atoms with van der Waals surface area (Å²) in [7, 11) is 0. The first-order valence-corrected chi connectivity index (χ1v) is 6.90. The summed E-state index contributed by atoms with van der Waals surface area (Å²) in [6.07, 6.45) is 0.0723. The molecule has 1 heterocycles. The van der Waals surface area contributed by atoms with Gasteiger partial charge in [-0.15, -0.1) is 0 Å². The van der Waals surface area contributed by atoms with Crippen molar-refractivity contribution in [2.45, 2.75) is 38.8 Å². The molecule has 2 rings (SSSR count). The van der Waals surface area contributed by atoms with Crippen LogP contribution in [0.15, 0.2) is 24.3 Å². The first kappa shape index (κ1) is 14.4. The van der Waals surface area contributed by atoms with Crippen LogP contribution in [0.4, 0.5) is 8.78 Å². The molecule has 1 fully saturated rings. The quantitative estimate of drug-likeness (QED) is 0.853. The minimum Gasteiger partial charge on any atom is -0.378 e. The van der Waals surface area contributed by atoms with Gasteiger partial charge in [0, 0.05) is 25.3 Å². The zero-order valence-corrected chi connectivity index (χ0v) is 11.2. The van der Waals surface area contributed by atoms with Crippen LogP contribution in [0.1, 0.15) is 37.3 Å². The SMILES string of the molecule is CCC1OCCC1CNCc1cccc(C(F)F)c1. The normalized spacial score (nSPS) is 23.2. The molecular formula is C15H21F2NO.